The van der Waals surface area contributed by atoms with Crippen LogP contribution < -0.4 is 37.1 Å². The number of ether oxygens (including phenoxy) is 1. The molecule has 0 radical (unpaired) electrons. The van der Waals surface area contributed by atoms with Crippen molar-refractivity contribution in [2.45, 2.75) is 158 Å². The molecule has 3 aliphatic rings. The Morgan fingerprint density at radius 2 is 1.55 bits per heavy atom. The Morgan fingerprint density at radius 1 is 0.872 bits per heavy atom. The monoisotopic (exact) mass is 1110 g/mol. The lowest BCUT2D eigenvalue weighted by Crippen LogP contribution is -2.56. The van der Waals surface area contributed by atoms with E-state index >= 15 is 0 Å². The normalized spacial score (nSPS) is 24.4. The molecule has 24 heteroatoms. The molecule has 0 unspecified atom stereocenters. The SMILES string of the molecule is C#CCCCC(=O)CCCCCCCOc1ccc2c3c([nH]c2c1)[SH+]C[C@@H]1NC(=O)CNC(=O)[C@H]([C@@H](C)CC)NC(=O)CNC(=O)[C@H](CC(=O)[C@H]([C@@H](C)[C@@H](O)CO)NC(=O)[C@@H]2C[C@@H](O)CN2C(=O)[C@H](CC(N)=O)CC1=O)C3.[OH-]. The molecule has 2 bridgehead atoms. The molecule has 5 rings (SSSR count). The maximum atomic E-state index is 14.8. The lowest BCUT2D eigenvalue weighted by atomic mass is 9.85. The van der Waals surface area contributed by atoms with E-state index in [1.54, 1.807) is 32.0 Å². The number of aliphatic hydroxyl groups is 3. The van der Waals surface area contributed by atoms with Gasteiger partial charge in [0.1, 0.15) is 35.4 Å². The van der Waals surface area contributed by atoms with Gasteiger partial charge in [0.05, 0.1) is 56.0 Å². The molecule has 4 heterocycles. The van der Waals surface area contributed by atoms with Crippen LogP contribution in [0.5, 0.6) is 5.75 Å². The van der Waals surface area contributed by atoms with E-state index in [1.807, 2.05) is 0 Å². The van der Waals surface area contributed by atoms with Crippen molar-refractivity contribution in [3.05, 3.63) is 23.8 Å². The van der Waals surface area contributed by atoms with Crippen molar-refractivity contribution in [2.75, 3.05) is 38.6 Å². The van der Waals surface area contributed by atoms with E-state index in [0.29, 0.717) is 77.7 Å². The first-order valence-corrected chi connectivity index (χ1v) is 27.8. The topological polar surface area (TPSA) is 376 Å². The molecular weight excluding hydrogens is 1030 g/mol. The van der Waals surface area contributed by atoms with Gasteiger partial charge in [0, 0.05) is 92.1 Å². The molecule has 10 atom stereocenters. The number of aromatic nitrogens is 1. The van der Waals surface area contributed by atoms with Gasteiger partial charge in [0.25, 0.3) is 0 Å². The summed E-state index contributed by atoms with van der Waals surface area (Å²) >= 11 is 0.361. The van der Waals surface area contributed by atoms with Crippen molar-refractivity contribution in [2.24, 2.45) is 29.4 Å². The summed E-state index contributed by atoms with van der Waals surface area (Å²) in [6.45, 7) is 2.77. The number of primary amides is 1. The first kappa shape index (κ1) is 64.1. The highest BCUT2D eigenvalue weighted by atomic mass is 32.2. The van der Waals surface area contributed by atoms with Gasteiger partial charge in [-0.3, -0.25) is 47.9 Å². The molecule has 1 saturated heterocycles. The highest BCUT2D eigenvalue weighted by Crippen LogP contribution is 2.32. The van der Waals surface area contributed by atoms with Crippen molar-refractivity contribution in [1.29, 1.82) is 0 Å². The molecule has 430 valence electrons. The van der Waals surface area contributed by atoms with Crippen LogP contribution in [-0.4, -0.2) is 164 Å². The number of fused-ring (bicyclic) bond motifs is 5. The number of ketones is 3. The first-order chi connectivity index (χ1) is 36.7. The van der Waals surface area contributed by atoms with Crippen molar-refractivity contribution in [3.8, 4) is 18.1 Å². The van der Waals surface area contributed by atoms with Crippen LogP contribution >= 0.6 is 0 Å². The zero-order valence-electron chi connectivity index (χ0n) is 44.7. The number of unbranched alkanes of at least 4 members (excludes halogenated alkanes) is 5. The fourth-order valence-corrected chi connectivity index (χ4v) is 11.2. The largest absolute Gasteiger partial charge is 0.870 e. The van der Waals surface area contributed by atoms with Gasteiger partial charge >= 0.3 is 0 Å². The molecule has 1 fully saturated rings. The van der Waals surface area contributed by atoms with Crippen LogP contribution in [0.2, 0.25) is 0 Å². The molecule has 23 nitrogen and oxygen atoms in total. The standard InChI is InChI=1S/C54H76N8O14S.H2O/c1-5-7-11-14-34(64)15-12-9-8-10-13-18-76-36-16-17-37-38-19-32-20-43(67)49(31(4)44(68)28-63)61-51(73)41-23-35(65)27-62(41)54(75)33(22-45(55)69)21-42(66)40(29-77-53(38)59-39(37)24-36)58-46(70)25-57-52(74)48(30(3)6-2)60-47(71)26-56-50(32)72;/h1,16-17,24,30-33,35,40-41,44,48-49,59,63,65,68H,6-15,18-23,25-29H2,2-4H3,(H2,55,69)(H,56,72)(H,57,74)(H,58,70)(H,60,71)(H,61,73);1H2/t30-,31-,32-,33-,35+,40-,41-,44-,48-,49-;/m0./s1. The third-order valence-corrected chi connectivity index (χ3v) is 15.9. The Morgan fingerprint density at radius 3 is 2.24 bits per heavy atom. The van der Waals surface area contributed by atoms with Crippen LogP contribution in [-0.2, 0) is 66.1 Å². The quantitative estimate of drug-likeness (QED) is 0.0368. The summed E-state index contributed by atoms with van der Waals surface area (Å²) in [6, 6.07) is -0.334. The van der Waals surface area contributed by atoms with Gasteiger partial charge in [-0.15, -0.1) is 12.3 Å². The number of hydrogen-bond acceptors (Lipinski definition) is 15. The number of H-pyrrole nitrogens is 1. The Kier molecular flexibility index (Phi) is 25.7. The highest BCUT2D eigenvalue weighted by Gasteiger charge is 2.45. The molecule has 0 saturated carbocycles. The number of benzene rings is 1. The lowest BCUT2D eigenvalue weighted by Gasteiger charge is -2.32. The number of nitrogens with two attached hydrogens (primary N) is 1. The van der Waals surface area contributed by atoms with E-state index in [0.717, 1.165) is 37.0 Å². The van der Waals surface area contributed by atoms with Crippen LogP contribution in [0, 0.1) is 36.0 Å². The number of carbonyl (C=O) groups excluding carboxylic acids is 10. The minimum atomic E-state index is -1.59. The summed E-state index contributed by atoms with van der Waals surface area (Å²) < 4.78 is 6.16. The van der Waals surface area contributed by atoms with E-state index < -0.39 is 158 Å². The molecule has 1 aromatic carbocycles. The van der Waals surface area contributed by atoms with E-state index in [4.69, 9.17) is 16.9 Å². The van der Waals surface area contributed by atoms with Crippen molar-refractivity contribution < 1.29 is 73.5 Å². The van der Waals surface area contributed by atoms with Crippen molar-refractivity contribution >= 4 is 81.4 Å². The predicted molar refractivity (Wildman–Crippen MR) is 286 cm³/mol. The van der Waals surface area contributed by atoms with Gasteiger partial charge in [-0.2, -0.15) is 0 Å². The number of terminal acetylenes is 1. The second-order valence-electron chi connectivity index (χ2n) is 20.5. The maximum Gasteiger partial charge on any atom is 0.243 e. The Labute approximate surface area is 458 Å². The number of rotatable bonds is 19. The minimum Gasteiger partial charge on any atom is -0.870 e. The summed E-state index contributed by atoms with van der Waals surface area (Å²) in [4.78, 5) is 143. The summed E-state index contributed by atoms with van der Waals surface area (Å²) in [6.07, 6.45) is 6.96. The molecule has 7 amide bonds. The minimum absolute atomic E-state index is 0. The smallest absolute Gasteiger partial charge is 0.243 e. The van der Waals surface area contributed by atoms with Crippen LogP contribution in [0.15, 0.2) is 23.2 Å². The molecule has 1 aromatic heterocycles. The van der Waals surface area contributed by atoms with Gasteiger partial charge in [0.2, 0.25) is 46.4 Å². The Balaban J connectivity index is 0.0000131. The van der Waals surface area contributed by atoms with Crippen LogP contribution in [0.4, 0.5) is 0 Å². The van der Waals surface area contributed by atoms with Gasteiger partial charge in [-0.25, -0.2) is 0 Å². The molecule has 0 aliphatic carbocycles. The third kappa shape index (κ3) is 18.4. The predicted octanol–water partition coefficient (Wildman–Crippen LogP) is -0.463. The average molecular weight is 1110 g/mol. The van der Waals surface area contributed by atoms with Crippen LogP contribution in [0.1, 0.15) is 116 Å². The molecular formula is C54H78N8O15S. The lowest BCUT2D eigenvalue weighted by molar-refractivity contribution is -0.145. The van der Waals surface area contributed by atoms with Crippen LogP contribution in [0.25, 0.3) is 10.9 Å². The zero-order valence-corrected chi connectivity index (χ0v) is 45.6. The van der Waals surface area contributed by atoms with E-state index in [9.17, 15) is 63.3 Å². The van der Waals surface area contributed by atoms with E-state index in [-0.39, 0.29) is 29.9 Å². The summed E-state index contributed by atoms with van der Waals surface area (Å²) in [5.41, 5.74) is 6.67. The molecule has 3 aliphatic heterocycles. The Hall–Kier alpha value is -6.39. The molecule has 12 N–H and O–H groups in total. The number of Topliss-reactive ketones (excluding diaryl/α,β-unsaturated/α-hetero) is 3. The van der Waals surface area contributed by atoms with Gasteiger partial charge in [-0.1, -0.05) is 46.5 Å². The Bertz CT molecular complexity index is 2510. The molecule has 78 heavy (non-hydrogen) atoms. The molecule has 2 aromatic rings. The molecule has 0 spiro atoms. The van der Waals surface area contributed by atoms with Crippen molar-refractivity contribution in [3.63, 3.8) is 0 Å². The summed E-state index contributed by atoms with van der Waals surface area (Å²) in [5, 5.41) is 45.9. The van der Waals surface area contributed by atoms with Crippen molar-refractivity contribution in [1.82, 2.24) is 36.5 Å². The highest BCUT2D eigenvalue weighted by molar-refractivity contribution is 7.78. The van der Waals surface area contributed by atoms with Crippen LogP contribution in [0.3, 0.4) is 0 Å². The number of carbonyl (C=O) groups is 10. The average Bonchev–Trinajstić information content (AvgIpc) is 4.00. The number of aliphatic hydroxyl groups excluding tert-OH is 3. The van der Waals surface area contributed by atoms with E-state index in [1.165, 1.54) is 6.92 Å². The zero-order chi connectivity index (χ0) is 56.3. The van der Waals surface area contributed by atoms with Gasteiger partial charge in [0.15, 0.2) is 11.6 Å². The number of amides is 7. The van der Waals surface area contributed by atoms with Gasteiger partial charge in [-0.05, 0) is 43.7 Å². The number of thiol groups is 1. The van der Waals surface area contributed by atoms with Gasteiger partial charge < -0.3 is 67.7 Å². The maximum absolute atomic E-state index is 14.8. The summed E-state index contributed by atoms with van der Waals surface area (Å²) in [7, 11) is 0. The second-order valence-corrected chi connectivity index (χ2v) is 21.7. The number of nitrogens with zero attached hydrogens (tertiary/aromatic N) is 1. The number of nitrogens with one attached hydrogen (secondary N) is 6. The fraction of sp³-hybridized carbons (Fsp3) is 0.630. The fourth-order valence-electron chi connectivity index (χ4n) is 9.91. The number of aromatic amines is 1. The summed E-state index contributed by atoms with van der Waals surface area (Å²) in [5.74, 6) is -8.68. The third-order valence-electron chi connectivity index (χ3n) is 14.7. The van der Waals surface area contributed by atoms with E-state index in [2.05, 4.69) is 37.5 Å². The first-order valence-electron chi connectivity index (χ1n) is 26.7. The number of hydrogen-bond donors (Lipinski definition) is 10. The second kappa shape index (κ2) is 31.3.